The average Bonchev–Trinajstić information content (AvgIpc) is 2.72. The van der Waals surface area contributed by atoms with Gasteiger partial charge in [0.15, 0.2) is 17.2 Å². The number of fused-ring (bicyclic) bond motifs is 3. The summed E-state index contributed by atoms with van der Waals surface area (Å²) in [5.74, 6) is -5.77. The number of phenolic OH excluding ortho intramolecular Hbond substituents is 1. The molecule has 0 radical (unpaired) electrons. The molecule has 0 bridgehead atoms. The Bertz CT molecular complexity index is 1150. The standard InChI is InChI=1S/C24H24O8/c1-3-15(26)8-12-5-4-11-6-13-7-14-9-16(27)17(10(2)25)22(30)24(14,32)23(31)19(13)21(29)18(11)20(12)28/h4-5,13-14,28-30,32H,3,6-9H2,1-2H3/t13-,14-,24+/m0/s1. The number of benzene rings is 1. The van der Waals surface area contributed by atoms with E-state index >= 15 is 0 Å². The second-order valence-corrected chi connectivity index (χ2v) is 8.77. The number of ketones is 4. The van der Waals surface area contributed by atoms with E-state index in [4.69, 9.17) is 0 Å². The number of hydrogen-bond acceptors (Lipinski definition) is 8. The molecule has 0 unspecified atom stereocenters. The van der Waals surface area contributed by atoms with Crippen LogP contribution in [0.4, 0.5) is 0 Å². The highest BCUT2D eigenvalue weighted by molar-refractivity contribution is 6.23. The Kier molecular flexibility index (Phi) is 5.08. The highest BCUT2D eigenvalue weighted by atomic mass is 16.3. The van der Waals surface area contributed by atoms with Crippen molar-refractivity contribution in [1.82, 2.24) is 0 Å². The smallest absolute Gasteiger partial charge is 0.202 e. The van der Waals surface area contributed by atoms with Gasteiger partial charge in [0, 0.05) is 36.3 Å². The Labute approximate surface area is 183 Å². The van der Waals surface area contributed by atoms with Crippen LogP contribution in [0, 0.1) is 11.8 Å². The first-order valence-electron chi connectivity index (χ1n) is 10.6. The minimum Gasteiger partial charge on any atom is -0.508 e. The number of carbonyl (C=O) groups excluding carboxylic acids is 4. The van der Waals surface area contributed by atoms with Gasteiger partial charge in [-0.15, -0.1) is 0 Å². The normalized spacial score (nSPS) is 27.1. The maximum Gasteiger partial charge on any atom is 0.202 e. The van der Waals surface area contributed by atoms with Crippen LogP contribution in [0.25, 0.3) is 5.76 Å². The second-order valence-electron chi connectivity index (χ2n) is 8.77. The lowest BCUT2D eigenvalue weighted by Crippen LogP contribution is -2.57. The molecule has 3 aliphatic rings. The molecule has 4 rings (SSSR count). The molecule has 0 amide bonds. The summed E-state index contributed by atoms with van der Waals surface area (Å²) in [6, 6.07) is 3.29. The van der Waals surface area contributed by atoms with Crippen molar-refractivity contribution in [2.75, 3.05) is 0 Å². The van der Waals surface area contributed by atoms with Gasteiger partial charge in [-0.05, 0) is 31.2 Å². The van der Waals surface area contributed by atoms with Crippen molar-refractivity contribution in [3.05, 3.63) is 45.7 Å². The molecule has 0 saturated heterocycles. The molecule has 4 N–H and O–H groups in total. The summed E-state index contributed by atoms with van der Waals surface area (Å²) in [6.07, 6.45) is 0.359. The van der Waals surface area contributed by atoms with Gasteiger partial charge in [-0.2, -0.15) is 0 Å². The minimum atomic E-state index is -2.50. The van der Waals surface area contributed by atoms with Gasteiger partial charge >= 0.3 is 0 Å². The molecule has 32 heavy (non-hydrogen) atoms. The van der Waals surface area contributed by atoms with Crippen molar-refractivity contribution >= 4 is 28.9 Å². The topological polar surface area (TPSA) is 149 Å². The summed E-state index contributed by atoms with van der Waals surface area (Å²) >= 11 is 0. The lowest BCUT2D eigenvalue weighted by molar-refractivity contribution is -0.147. The van der Waals surface area contributed by atoms with Crippen molar-refractivity contribution in [1.29, 1.82) is 0 Å². The molecule has 0 heterocycles. The number of Topliss-reactive ketones (excluding diaryl/α,β-unsaturated/α-hetero) is 4. The number of hydrogen-bond donors (Lipinski definition) is 4. The number of aliphatic hydroxyl groups is 3. The monoisotopic (exact) mass is 440 g/mol. The van der Waals surface area contributed by atoms with Crippen LogP contribution in [0.3, 0.4) is 0 Å². The van der Waals surface area contributed by atoms with E-state index in [0.717, 1.165) is 6.92 Å². The lowest BCUT2D eigenvalue weighted by Gasteiger charge is -2.46. The summed E-state index contributed by atoms with van der Waals surface area (Å²) in [4.78, 5) is 49.5. The van der Waals surface area contributed by atoms with Crippen LogP contribution in [-0.4, -0.2) is 49.2 Å². The Hall–Kier alpha value is -3.26. The predicted molar refractivity (Wildman–Crippen MR) is 112 cm³/mol. The Balaban J connectivity index is 1.87. The predicted octanol–water partition coefficient (Wildman–Crippen LogP) is 2.05. The van der Waals surface area contributed by atoms with Gasteiger partial charge in [-0.25, -0.2) is 0 Å². The minimum absolute atomic E-state index is 0.0233. The molecule has 8 heteroatoms. The quantitative estimate of drug-likeness (QED) is 0.520. The van der Waals surface area contributed by atoms with Crippen molar-refractivity contribution in [2.24, 2.45) is 11.8 Å². The maximum absolute atomic E-state index is 13.4. The zero-order valence-electron chi connectivity index (χ0n) is 17.8. The van der Waals surface area contributed by atoms with Crippen LogP contribution in [0.15, 0.2) is 29.0 Å². The highest BCUT2D eigenvalue weighted by Gasteiger charge is 2.60. The first-order chi connectivity index (χ1) is 15.0. The van der Waals surface area contributed by atoms with E-state index in [0.29, 0.717) is 11.1 Å². The molecule has 168 valence electrons. The Morgan fingerprint density at radius 3 is 2.44 bits per heavy atom. The van der Waals surface area contributed by atoms with E-state index in [1.54, 1.807) is 19.1 Å². The molecule has 1 saturated carbocycles. The third kappa shape index (κ3) is 2.93. The molecule has 0 aliphatic heterocycles. The highest BCUT2D eigenvalue weighted by Crippen LogP contribution is 2.52. The fraction of sp³-hybridized carbons (Fsp3) is 0.417. The summed E-state index contributed by atoms with van der Waals surface area (Å²) in [7, 11) is 0. The fourth-order valence-electron chi connectivity index (χ4n) is 5.23. The average molecular weight is 440 g/mol. The third-order valence-corrected chi connectivity index (χ3v) is 6.91. The maximum atomic E-state index is 13.4. The van der Waals surface area contributed by atoms with Gasteiger partial charge in [0.25, 0.3) is 0 Å². The van der Waals surface area contributed by atoms with Gasteiger partial charge in [0.1, 0.15) is 28.6 Å². The van der Waals surface area contributed by atoms with Crippen LogP contribution in [0.5, 0.6) is 5.75 Å². The first-order valence-corrected chi connectivity index (χ1v) is 10.6. The van der Waals surface area contributed by atoms with Crippen molar-refractivity contribution < 1.29 is 39.6 Å². The number of aliphatic hydroxyl groups excluding tert-OH is 2. The number of carbonyl (C=O) groups is 4. The largest absolute Gasteiger partial charge is 0.508 e. The van der Waals surface area contributed by atoms with Gasteiger partial charge in [-0.3, -0.25) is 19.2 Å². The zero-order valence-corrected chi connectivity index (χ0v) is 17.8. The summed E-state index contributed by atoms with van der Waals surface area (Å²) in [5, 5.41) is 43.6. The van der Waals surface area contributed by atoms with E-state index in [1.165, 1.54) is 0 Å². The fourth-order valence-corrected chi connectivity index (χ4v) is 5.23. The number of allylic oxidation sites excluding steroid dienone is 1. The van der Waals surface area contributed by atoms with Gasteiger partial charge in [0.2, 0.25) is 5.78 Å². The molecule has 3 atom stereocenters. The van der Waals surface area contributed by atoms with Crippen LogP contribution in [0.1, 0.15) is 49.8 Å². The van der Waals surface area contributed by atoms with Gasteiger partial charge in [0.05, 0.1) is 5.56 Å². The van der Waals surface area contributed by atoms with Crippen LogP contribution >= 0.6 is 0 Å². The summed E-state index contributed by atoms with van der Waals surface area (Å²) in [6.45, 7) is 2.76. The lowest BCUT2D eigenvalue weighted by atomic mass is 9.59. The molecule has 1 aromatic carbocycles. The second kappa shape index (κ2) is 7.41. The van der Waals surface area contributed by atoms with Crippen molar-refractivity contribution in [2.45, 2.75) is 51.6 Å². The molecule has 3 aliphatic carbocycles. The summed E-state index contributed by atoms with van der Waals surface area (Å²) < 4.78 is 0. The van der Waals surface area contributed by atoms with E-state index < -0.39 is 51.9 Å². The molecule has 8 nitrogen and oxygen atoms in total. The molecule has 1 fully saturated rings. The van der Waals surface area contributed by atoms with Gasteiger partial charge < -0.3 is 20.4 Å². The Morgan fingerprint density at radius 1 is 1.12 bits per heavy atom. The SMILES string of the molecule is CCC(=O)Cc1ccc2c(c1O)C(O)=C1C(=O)[C@]3(O)C(O)=C(C(C)=O)C(=O)C[C@@H]3C[C@@H]1C2. The molecule has 0 spiro atoms. The van der Waals surface area contributed by atoms with E-state index in [-0.39, 0.29) is 54.8 Å². The van der Waals surface area contributed by atoms with Gasteiger partial charge in [-0.1, -0.05) is 19.1 Å². The van der Waals surface area contributed by atoms with Crippen LogP contribution in [-0.2, 0) is 32.0 Å². The summed E-state index contributed by atoms with van der Waals surface area (Å²) in [5.41, 5.74) is -2.35. The third-order valence-electron chi connectivity index (χ3n) is 6.91. The molecular formula is C24H24O8. The van der Waals surface area contributed by atoms with Crippen molar-refractivity contribution in [3.63, 3.8) is 0 Å². The molecule has 1 aromatic rings. The Morgan fingerprint density at radius 2 is 1.81 bits per heavy atom. The molecule has 0 aromatic heterocycles. The van der Waals surface area contributed by atoms with Crippen LogP contribution < -0.4 is 0 Å². The van der Waals surface area contributed by atoms with E-state index in [9.17, 15) is 39.6 Å². The molecular weight excluding hydrogens is 416 g/mol. The van der Waals surface area contributed by atoms with Crippen LogP contribution in [0.2, 0.25) is 0 Å². The van der Waals surface area contributed by atoms with Crippen molar-refractivity contribution in [3.8, 4) is 5.75 Å². The number of aromatic hydroxyl groups is 1. The van der Waals surface area contributed by atoms with E-state index in [2.05, 4.69) is 0 Å². The zero-order chi connectivity index (χ0) is 23.5. The number of rotatable bonds is 4. The number of phenols is 1. The first kappa shape index (κ1) is 22.0. The van der Waals surface area contributed by atoms with E-state index in [1.807, 2.05) is 0 Å².